The smallest absolute Gasteiger partial charge is 0.0589 e. The first kappa shape index (κ1) is 17.1. The highest BCUT2D eigenvalue weighted by Crippen LogP contribution is 2.08. The van der Waals surface area contributed by atoms with Crippen LogP contribution in [0.4, 0.5) is 0 Å². The molecule has 0 aromatic heterocycles. The number of methoxy groups -OCH3 is 2. The largest absolute Gasteiger partial charge is 0.383 e. The summed E-state index contributed by atoms with van der Waals surface area (Å²) in [5.74, 6) is 0. The number of benzene rings is 1. The average molecular weight is 280 g/mol. The number of hydrogen-bond donors (Lipinski definition) is 1. The van der Waals surface area contributed by atoms with Gasteiger partial charge in [-0.3, -0.25) is 4.90 Å². The van der Waals surface area contributed by atoms with Crippen LogP contribution in [0, 0.1) is 0 Å². The summed E-state index contributed by atoms with van der Waals surface area (Å²) < 4.78 is 10.3. The fourth-order valence-electron chi connectivity index (χ4n) is 2.05. The SMILES string of the molecule is CNCCc1ccc(CN(CCOC)CCOC)cc1. The van der Waals surface area contributed by atoms with Gasteiger partial charge in [0.2, 0.25) is 0 Å². The van der Waals surface area contributed by atoms with Crippen molar-refractivity contribution in [3.63, 3.8) is 0 Å². The lowest BCUT2D eigenvalue weighted by Crippen LogP contribution is -2.30. The van der Waals surface area contributed by atoms with E-state index < -0.39 is 0 Å². The van der Waals surface area contributed by atoms with Gasteiger partial charge in [0.05, 0.1) is 13.2 Å². The van der Waals surface area contributed by atoms with Gasteiger partial charge >= 0.3 is 0 Å². The van der Waals surface area contributed by atoms with E-state index in [1.165, 1.54) is 11.1 Å². The first-order valence-corrected chi connectivity index (χ1v) is 7.22. The number of nitrogens with one attached hydrogen (secondary N) is 1. The lowest BCUT2D eigenvalue weighted by molar-refractivity contribution is 0.110. The molecule has 0 heterocycles. The van der Waals surface area contributed by atoms with E-state index in [0.29, 0.717) is 0 Å². The fourth-order valence-corrected chi connectivity index (χ4v) is 2.05. The number of rotatable bonds is 11. The maximum atomic E-state index is 5.16. The Labute approximate surface area is 123 Å². The van der Waals surface area contributed by atoms with E-state index in [1.807, 2.05) is 7.05 Å². The number of ether oxygens (including phenoxy) is 2. The number of likely N-dealkylation sites (N-methyl/N-ethyl adjacent to an activating group) is 1. The van der Waals surface area contributed by atoms with Gasteiger partial charge in [0.15, 0.2) is 0 Å². The first-order chi connectivity index (χ1) is 9.80. The van der Waals surface area contributed by atoms with Gasteiger partial charge in [-0.2, -0.15) is 0 Å². The van der Waals surface area contributed by atoms with Gasteiger partial charge in [0.1, 0.15) is 0 Å². The van der Waals surface area contributed by atoms with Crippen molar-refractivity contribution in [2.75, 3.05) is 54.1 Å². The second kappa shape index (κ2) is 10.8. The molecule has 1 aromatic rings. The van der Waals surface area contributed by atoms with E-state index >= 15 is 0 Å². The van der Waals surface area contributed by atoms with E-state index in [1.54, 1.807) is 14.2 Å². The van der Waals surface area contributed by atoms with E-state index in [4.69, 9.17) is 9.47 Å². The minimum atomic E-state index is 0.754. The number of hydrogen-bond acceptors (Lipinski definition) is 4. The molecule has 0 spiro atoms. The van der Waals surface area contributed by atoms with Crippen molar-refractivity contribution in [2.45, 2.75) is 13.0 Å². The van der Waals surface area contributed by atoms with Crippen molar-refractivity contribution >= 4 is 0 Å². The van der Waals surface area contributed by atoms with Gasteiger partial charge in [-0.15, -0.1) is 0 Å². The Kier molecular flexibility index (Phi) is 9.24. The van der Waals surface area contributed by atoms with Gasteiger partial charge in [0, 0.05) is 33.9 Å². The molecule has 0 atom stereocenters. The molecule has 0 radical (unpaired) electrons. The summed E-state index contributed by atoms with van der Waals surface area (Å²) in [4.78, 5) is 2.36. The third kappa shape index (κ3) is 7.01. The van der Waals surface area contributed by atoms with Gasteiger partial charge in [0.25, 0.3) is 0 Å². The normalized spacial score (nSPS) is 11.2. The lowest BCUT2D eigenvalue weighted by Gasteiger charge is -2.21. The molecule has 4 heteroatoms. The molecular weight excluding hydrogens is 252 g/mol. The van der Waals surface area contributed by atoms with Crippen LogP contribution in [0.3, 0.4) is 0 Å². The summed E-state index contributed by atoms with van der Waals surface area (Å²) in [5.41, 5.74) is 2.72. The zero-order valence-electron chi connectivity index (χ0n) is 13.0. The first-order valence-electron chi connectivity index (χ1n) is 7.22. The minimum Gasteiger partial charge on any atom is -0.383 e. The molecular formula is C16H28N2O2. The second-order valence-electron chi connectivity index (χ2n) is 4.93. The summed E-state index contributed by atoms with van der Waals surface area (Å²) >= 11 is 0. The molecule has 0 aliphatic rings. The molecule has 0 bridgehead atoms. The van der Waals surface area contributed by atoms with Crippen molar-refractivity contribution < 1.29 is 9.47 Å². The Morgan fingerprint density at radius 3 is 2.00 bits per heavy atom. The molecule has 0 aliphatic carbocycles. The highest BCUT2D eigenvalue weighted by molar-refractivity contribution is 5.22. The molecule has 1 N–H and O–H groups in total. The Bertz CT molecular complexity index is 333. The maximum Gasteiger partial charge on any atom is 0.0589 e. The van der Waals surface area contributed by atoms with Crippen LogP contribution in [0.5, 0.6) is 0 Å². The van der Waals surface area contributed by atoms with Crippen molar-refractivity contribution in [1.82, 2.24) is 10.2 Å². The van der Waals surface area contributed by atoms with Crippen molar-refractivity contribution in [2.24, 2.45) is 0 Å². The van der Waals surface area contributed by atoms with Gasteiger partial charge in [-0.05, 0) is 31.1 Å². The van der Waals surface area contributed by atoms with E-state index in [0.717, 1.165) is 45.8 Å². The van der Waals surface area contributed by atoms with E-state index in [9.17, 15) is 0 Å². The van der Waals surface area contributed by atoms with Crippen LogP contribution in [0.2, 0.25) is 0 Å². The molecule has 1 aromatic carbocycles. The highest BCUT2D eigenvalue weighted by Gasteiger charge is 2.05. The molecule has 0 unspecified atom stereocenters. The van der Waals surface area contributed by atoms with Gasteiger partial charge in [-0.25, -0.2) is 0 Å². The quantitative estimate of drug-likeness (QED) is 0.667. The fraction of sp³-hybridized carbons (Fsp3) is 0.625. The van der Waals surface area contributed by atoms with Gasteiger partial charge < -0.3 is 14.8 Å². The summed E-state index contributed by atoms with van der Waals surface area (Å²) in [7, 11) is 5.47. The van der Waals surface area contributed by atoms with Crippen LogP contribution < -0.4 is 5.32 Å². The number of nitrogens with zero attached hydrogens (tertiary/aromatic N) is 1. The molecule has 114 valence electrons. The molecule has 0 amide bonds. The van der Waals surface area contributed by atoms with Crippen molar-refractivity contribution in [3.8, 4) is 0 Å². The highest BCUT2D eigenvalue weighted by atomic mass is 16.5. The Morgan fingerprint density at radius 2 is 1.50 bits per heavy atom. The van der Waals surface area contributed by atoms with E-state index in [-0.39, 0.29) is 0 Å². The van der Waals surface area contributed by atoms with Gasteiger partial charge in [-0.1, -0.05) is 24.3 Å². The average Bonchev–Trinajstić information content (AvgIpc) is 2.49. The zero-order chi connectivity index (χ0) is 14.6. The molecule has 0 saturated heterocycles. The maximum absolute atomic E-state index is 5.16. The topological polar surface area (TPSA) is 33.7 Å². The molecule has 0 saturated carbocycles. The second-order valence-corrected chi connectivity index (χ2v) is 4.93. The third-order valence-corrected chi connectivity index (χ3v) is 3.32. The van der Waals surface area contributed by atoms with Crippen molar-refractivity contribution in [3.05, 3.63) is 35.4 Å². The van der Waals surface area contributed by atoms with Crippen molar-refractivity contribution in [1.29, 1.82) is 0 Å². The summed E-state index contributed by atoms with van der Waals surface area (Å²) in [6.45, 7) is 5.34. The Morgan fingerprint density at radius 1 is 0.950 bits per heavy atom. The van der Waals surface area contributed by atoms with Crippen LogP contribution in [0.15, 0.2) is 24.3 Å². The Hall–Kier alpha value is -0.940. The zero-order valence-corrected chi connectivity index (χ0v) is 13.0. The summed E-state index contributed by atoms with van der Waals surface area (Å²) in [6.07, 6.45) is 1.08. The Balaban J connectivity index is 2.49. The molecule has 20 heavy (non-hydrogen) atoms. The van der Waals surface area contributed by atoms with Crippen LogP contribution in [-0.2, 0) is 22.4 Å². The molecule has 0 fully saturated rings. The van der Waals surface area contributed by atoms with Crippen LogP contribution in [0.25, 0.3) is 0 Å². The lowest BCUT2D eigenvalue weighted by atomic mass is 10.1. The third-order valence-electron chi connectivity index (χ3n) is 3.32. The summed E-state index contributed by atoms with van der Waals surface area (Å²) in [5, 5.41) is 3.17. The monoisotopic (exact) mass is 280 g/mol. The predicted octanol–water partition coefficient (Wildman–Crippen LogP) is 1.54. The molecule has 4 nitrogen and oxygen atoms in total. The predicted molar refractivity (Wildman–Crippen MR) is 83.1 cm³/mol. The standard InChI is InChI=1S/C16H28N2O2/c1-17-9-8-15-4-6-16(7-5-15)14-18(10-12-19-2)11-13-20-3/h4-7,17H,8-14H2,1-3H3. The molecule has 1 rings (SSSR count). The summed E-state index contributed by atoms with van der Waals surface area (Å²) in [6, 6.07) is 8.88. The minimum absolute atomic E-state index is 0.754. The van der Waals surface area contributed by atoms with Crippen LogP contribution >= 0.6 is 0 Å². The van der Waals surface area contributed by atoms with Crippen LogP contribution in [-0.4, -0.2) is 59.0 Å². The van der Waals surface area contributed by atoms with E-state index in [2.05, 4.69) is 34.5 Å². The van der Waals surface area contributed by atoms with Crippen LogP contribution in [0.1, 0.15) is 11.1 Å². The molecule has 0 aliphatic heterocycles.